The quantitative estimate of drug-likeness (QED) is 0.806. The number of hydrogen-bond acceptors (Lipinski definition) is 4. The number of anilines is 1. The fourth-order valence-electron chi connectivity index (χ4n) is 1.65. The molecule has 0 unspecified atom stereocenters. The van der Waals surface area contributed by atoms with Gasteiger partial charge in [0.15, 0.2) is 0 Å². The highest BCUT2D eigenvalue weighted by molar-refractivity contribution is 7.91. The Bertz CT molecular complexity index is 837. The lowest BCUT2D eigenvalue weighted by atomic mass is 10.3. The van der Waals surface area contributed by atoms with Gasteiger partial charge in [-0.1, -0.05) is 34.8 Å². The fourth-order valence-corrected chi connectivity index (χ4v) is 4.77. The van der Waals surface area contributed by atoms with E-state index in [-0.39, 0.29) is 10.8 Å². The molecule has 23 heavy (non-hydrogen) atoms. The number of sulfonamides is 1. The monoisotopic (exact) mass is 412 g/mol. The predicted molar refractivity (Wildman–Crippen MR) is 94.2 cm³/mol. The average molecular weight is 414 g/mol. The summed E-state index contributed by atoms with van der Waals surface area (Å²) < 4.78 is 26.0. The zero-order valence-corrected chi connectivity index (χ0v) is 15.6. The van der Waals surface area contributed by atoms with E-state index in [0.717, 1.165) is 15.6 Å². The maximum absolute atomic E-state index is 12.3. The molecule has 1 N–H and O–H groups in total. The Kier molecular flexibility index (Phi) is 5.94. The average Bonchev–Trinajstić information content (AvgIpc) is 2.90. The van der Waals surface area contributed by atoms with Gasteiger partial charge in [-0.05, 0) is 30.3 Å². The number of likely N-dealkylation sites (N-methyl/N-ethyl adjacent to an activating group) is 1. The molecule has 5 nitrogen and oxygen atoms in total. The first-order valence-electron chi connectivity index (χ1n) is 6.17. The zero-order chi connectivity index (χ0) is 17.2. The molecule has 2 rings (SSSR count). The maximum atomic E-state index is 12.3. The van der Waals surface area contributed by atoms with E-state index in [1.807, 2.05) is 0 Å². The smallest absolute Gasteiger partial charge is 0.252 e. The largest absolute Gasteiger partial charge is 0.325 e. The molecule has 1 amide bonds. The van der Waals surface area contributed by atoms with Gasteiger partial charge in [0.05, 0.1) is 20.9 Å². The topological polar surface area (TPSA) is 66.5 Å². The molecule has 10 heteroatoms. The number of hydrogen-bond donors (Lipinski definition) is 1. The normalized spacial score (nSPS) is 11.7. The van der Waals surface area contributed by atoms with E-state index in [1.54, 1.807) is 6.07 Å². The van der Waals surface area contributed by atoms with Crippen LogP contribution in [0.2, 0.25) is 14.4 Å². The summed E-state index contributed by atoms with van der Waals surface area (Å²) in [5.74, 6) is -0.503. The van der Waals surface area contributed by atoms with Crippen LogP contribution in [0, 0.1) is 0 Å². The van der Waals surface area contributed by atoms with Crippen LogP contribution in [0.1, 0.15) is 0 Å². The molecule has 2 aromatic rings. The van der Waals surface area contributed by atoms with Crippen molar-refractivity contribution in [1.29, 1.82) is 0 Å². The number of benzene rings is 1. The van der Waals surface area contributed by atoms with Crippen LogP contribution in [0.3, 0.4) is 0 Å². The first-order valence-corrected chi connectivity index (χ1v) is 9.56. The van der Waals surface area contributed by atoms with Crippen LogP contribution >= 0.6 is 46.1 Å². The van der Waals surface area contributed by atoms with Crippen LogP contribution < -0.4 is 5.32 Å². The standard InChI is InChI=1S/C13H11Cl3N2O3S2/c1-18(23(20,21)13-5-4-11(16)22-13)7-12(19)17-8-2-3-9(14)10(15)6-8/h2-6H,7H2,1H3,(H,17,19). The third-order valence-corrected chi connectivity index (χ3v) is 7.02. The molecule has 0 saturated heterocycles. The van der Waals surface area contributed by atoms with Gasteiger partial charge in [0.1, 0.15) is 4.21 Å². The second-order valence-corrected chi connectivity index (χ2v) is 9.30. The number of thiophene rings is 1. The minimum Gasteiger partial charge on any atom is -0.325 e. The number of rotatable bonds is 5. The van der Waals surface area contributed by atoms with Crippen molar-refractivity contribution < 1.29 is 13.2 Å². The van der Waals surface area contributed by atoms with Crippen LogP contribution in [0.25, 0.3) is 0 Å². The molecule has 0 atom stereocenters. The molecule has 1 aromatic heterocycles. The van der Waals surface area contributed by atoms with E-state index >= 15 is 0 Å². The van der Waals surface area contributed by atoms with E-state index in [4.69, 9.17) is 34.8 Å². The van der Waals surface area contributed by atoms with E-state index < -0.39 is 15.9 Å². The summed E-state index contributed by atoms with van der Waals surface area (Å²) in [6.45, 7) is -0.349. The Labute approximate surface area is 152 Å². The van der Waals surface area contributed by atoms with Crippen LogP contribution in [0.4, 0.5) is 5.69 Å². The molecule has 124 valence electrons. The van der Waals surface area contributed by atoms with Crippen molar-refractivity contribution in [2.75, 3.05) is 18.9 Å². The zero-order valence-electron chi connectivity index (χ0n) is 11.7. The van der Waals surface area contributed by atoms with E-state index in [9.17, 15) is 13.2 Å². The van der Waals surface area contributed by atoms with Gasteiger partial charge in [-0.2, -0.15) is 4.31 Å². The van der Waals surface area contributed by atoms with Gasteiger partial charge in [0.2, 0.25) is 5.91 Å². The molecule has 0 aliphatic rings. The number of nitrogens with one attached hydrogen (secondary N) is 1. The number of nitrogens with zero attached hydrogens (tertiary/aromatic N) is 1. The van der Waals surface area contributed by atoms with Gasteiger partial charge in [0, 0.05) is 12.7 Å². The molecule has 0 radical (unpaired) electrons. The summed E-state index contributed by atoms with van der Waals surface area (Å²) in [5.41, 5.74) is 0.425. The van der Waals surface area contributed by atoms with Crippen LogP contribution in [-0.2, 0) is 14.8 Å². The van der Waals surface area contributed by atoms with Crippen molar-refractivity contribution in [3.05, 3.63) is 44.7 Å². The Balaban J connectivity index is 2.06. The van der Waals surface area contributed by atoms with Gasteiger partial charge in [0.25, 0.3) is 10.0 Å². The van der Waals surface area contributed by atoms with Crippen molar-refractivity contribution >= 4 is 67.8 Å². The fraction of sp³-hybridized carbons (Fsp3) is 0.154. The van der Waals surface area contributed by atoms with Crippen LogP contribution in [-0.4, -0.2) is 32.2 Å². The SMILES string of the molecule is CN(CC(=O)Nc1ccc(Cl)c(Cl)c1)S(=O)(=O)c1ccc(Cl)s1. The van der Waals surface area contributed by atoms with E-state index in [1.165, 1.54) is 31.3 Å². The minimum atomic E-state index is -3.76. The Morgan fingerprint density at radius 1 is 1.17 bits per heavy atom. The van der Waals surface area contributed by atoms with Gasteiger partial charge in [-0.15, -0.1) is 11.3 Å². The summed E-state index contributed by atoms with van der Waals surface area (Å²) in [5, 5.41) is 3.21. The third-order valence-electron chi connectivity index (χ3n) is 2.78. The van der Waals surface area contributed by atoms with Crippen LogP contribution in [0.5, 0.6) is 0 Å². The highest BCUT2D eigenvalue weighted by Crippen LogP contribution is 2.28. The number of amides is 1. The number of carbonyl (C=O) groups excluding carboxylic acids is 1. The summed E-state index contributed by atoms with van der Waals surface area (Å²) in [7, 11) is -2.44. The molecule has 0 bridgehead atoms. The molecule has 0 aliphatic heterocycles. The molecule has 0 saturated carbocycles. The van der Waals surface area contributed by atoms with E-state index in [0.29, 0.717) is 20.1 Å². The lowest BCUT2D eigenvalue weighted by molar-refractivity contribution is -0.116. The lowest BCUT2D eigenvalue weighted by Gasteiger charge is -2.15. The van der Waals surface area contributed by atoms with Gasteiger partial charge < -0.3 is 5.32 Å². The first kappa shape index (κ1) is 18.5. The molecular formula is C13H11Cl3N2O3S2. The molecule has 0 spiro atoms. The van der Waals surface area contributed by atoms with Crippen molar-refractivity contribution in [2.45, 2.75) is 4.21 Å². The van der Waals surface area contributed by atoms with Crippen molar-refractivity contribution in [2.24, 2.45) is 0 Å². The Morgan fingerprint density at radius 3 is 2.43 bits per heavy atom. The first-order chi connectivity index (χ1) is 10.7. The summed E-state index contributed by atoms with van der Waals surface area (Å²) in [6, 6.07) is 7.47. The van der Waals surface area contributed by atoms with Gasteiger partial charge >= 0.3 is 0 Å². The highest BCUT2D eigenvalue weighted by Gasteiger charge is 2.24. The Hall–Kier alpha value is -0.830. The van der Waals surface area contributed by atoms with E-state index in [2.05, 4.69) is 5.32 Å². The lowest BCUT2D eigenvalue weighted by Crippen LogP contribution is -2.34. The third kappa shape index (κ3) is 4.59. The molecule has 0 fully saturated rings. The molecule has 1 heterocycles. The summed E-state index contributed by atoms with van der Waals surface area (Å²) in [4.78, 5) is 12.0. The minimum absolute atomic E-state index is 0.0762. The number of halogens is 3. The highest BCUT2D eigenvalue weighted by atomic mass is 35.5. The maximum Gasteiger partial charge on any atom is 0.252 e. The molecule has 1 aromatic carbocycles. The second-order valence-electron chi connectivity index (χ2n) is 4.50. The second kappa shape index (κ2) is 7.38. The Morgan fingerprint density at radius 2 is 1.87 bits per heavy atom. The van der Waals surface area contributed by atoms with Gasteiger partial charge in [-0.3, -0.25) is 4.79 Å². The predicted octanol–water partition coefficient (Wildman–Crippen LogP) is 3.97. The number of carbonyl (C=O) groups is 1. The summed E-state index contributed by atoms with van der Waals surface area (Å²) in [6.07, 6.45) is 0. The van der Waals surface area contributed by atoms with Crippen molar-refractivity contribution in [3.8, 4) is 0 Å². The van der Waals surface area contributed by atoms with Crippen LogP contribution in [0.15, 0.2) is 34.5 Å². The molecule has 0 aliphatic carbocycles. The summed E-state index contributed by atoms with van der Waals surface area (Å²) >= 11 is 18.3. The van der Waals surface area contributed by atoms with Gasteiger partial charge in [-0.25, -0.2) is 8.42 Å². The van der Waals surface area contributed by atoms with Crippen molar-refractivity contribution in [1.82, 2.24) is 4.31 Å². The van der Waals surface area contributed by atoms with Crippen molar-refractivity contribution in [3.63, 3.8) is 0 Å². The molecular weight excluding hydrogens is 403 g/mol.